The first-order valence-electron chi connectivity index (χ1n) is 17.1. The Morgan fingerprint density at radius 2 is 0.941 bits per heavy atom. The highest BCUT2D eigenvalue weighted by Gasteiger charge is 2.22. The van der Waals surface area contributed by atoms with Gasteiger partial charge in [-0.05, 0) is 48.5 Å². The SMILES string of the molecule is c1ccc(-c2cc(-c3ccccc3)nc(-c3cc(-n4c5ccccc5c5ccccc54)cc4c3sc3ccc5sc6ccccc6c5c34)n2)cc1. The summed E-state index contributed by atoms with van der Waals surface area (Å²) in [5.41, 5.74) is 8.43. The Labute approximate surface area is 301 Å². The molecule has 0 unspecified atom stereocenters. The zero-order valence-electron chi connectivity index (χ0n) is 27.2. The number of rotatable bonds is 4. The van der Waals surface area contributed by atoms with Crippen LogP contribution < -0.4 is 0 Å². The maximum Gasteiger partial charge on any atom is 0.161 e. The van der Waals surface area contributed by atoms with E-state index in [2.05, 4.69) is 168 Å². The lowest BCUT2D eigenvalue weighted by molar-refractivity contribution is 1.17. The second-order valence-corrected chi connectivity index (χ2v) is 15.1. The minimum absolute atomic E-state index is 0.723. The lowest BCUT2D eigenvalue weighted by Gasteiger charge is -2.13. The van der Waals surface area contributed by atoms with Crippen LogP contribution in [-0.4, -0.2) is 14.5 Å². The molecule has 0 spiro atoms. The van der Waals surface area contributed by atoms with Crippen LogP contribution in [0.4, 0.5) is 0 Å². The Bertz CT molecular complexity index is 3020. The molecular weight excluding hydrogens is 659 g/mol. The first-order chi connectivity index (χ1) is 25.3. The second-order valence-electron chi connectivity index (χ2n) is 12.9. The molecule has 5 heteroatoms. The van der Waals surface area contributed by atoms with Gasteiger partial charge >= 0.3 is 0 Å². The van der Waals surface area contributed by atoms with Gasteiger partial charge in [0.25, 0.3) is 0 Å². The predicted molar refractivity (Wildman–Crippen MR) is 218 cm³/mol. The summed E-state index contributed by atoms with van der Waals surface area (Å²) in [6, 6.07) is 58.6. The molecule has 0 N–H and O–H groups in total. The van der Waals surface area contributed by atoms with Crippen LogP contribution in [0.1, 0.15) is 0 Å². The van der Waals surface area contributed by atoms with Gasteiger partial charge in [-0.1, -0.05) is 115 Å². The normalized spacial score (nSPS) is 11.9. The predicted octanol–water partition coefficient (Wildman–Crippen LogP) is 13.3. The van der Waals surface area contributed by atoms with Crippen molar-refractivity contribution in [2.24, 2.45) is 0 Å². The van der Waals surface area contributed by atoms with Crippen LogP contribution in [0, 0.1) is 0 Å². The van der Waals surface area contributed by atoms with Gasteiger partial charge in [0.05, 0.1) is 22.4 Å². The molecule has 0 amide bonds. The number of benzene rings is 7. The van der Waals surface area contributed by atoms with Crippen LogP contribution in [-0.2, 0) is 0 Å². The van der Waals surface area contributed by atoms with E-state index in [1.54, 1.807) is 0 Å². The number of nitrogens with zero attached hydrogens (tertiary/aromatic N) is 3. The summed E-state index contributed by atoms with van der Waals surface area (Å²) in [7, 11) is 0. The Morgan fingerprint density at radius 1 is 0.412 bits per heavy atom. The Morgan fingerprint density at radius 3 is 1.59 bits per heavy atom. The smallest absolute Gasteiger partial charge is 0.161 e. The van der Waals surface area contributed by atoms with Crippen LogP contribution in [0.5, 0.6) is 0 Å². The van der Waals surface area contributed by atoms with Gasteiger partial charge in [-0.15, -0.1) is 22.7 Å². The molecule has 3 nitrogen and oxygen atoms in total. The molecule has 238 valence electrons. The van der Waals surface area contributed by atoms with Crippen molar-refractivity contribution in [1.29, 1.82) is 0 Å². The largest absolute Gasteiger partial charge is 0.309 e. The van der Waals surface area contributed by atoms with Crippen molar-refractivity contribution in [3.05, 3.63) is 164 Å². The van der Waals surface area contributed by atoms with Crippen LogP contribution >= 0.6 is 22.7 Å². The Hall–Kier alpha value is -6.14. The van der Waals surface area contributed by atoms with Crippen LogP contribution in [0.3, 0.4) is 0 Å². The number of fused-ring (bicyclic) bond motifs is 10. The summed E-state index contributed by atoms with van der Waals surface area (Å²) in [5.74, 6) is 0.723. The fraction of sp³-hybridized carbons (Fsp3) is 0. The fourth-order valence-corrected chi connectivity index (χ4v) is 10.1. The molecule has 0 bridgehead atoms. The van der Waals surface area contributed by atoms with Crippen molar-refractivity contribution >= 4 is 84.8 Å². The number of thiophene rings is 2. The van der Waals surface area contributed by atoms with Gasteiger partial charge in [-0.3, -0.25) is 0 Å². The molecule has 0 fully saturated rings. The first-order valence-corrected chi connectivity index (χ1v) is 18.7. The summed E-state index contributed by atoms with van der Waals surface area (Å²) in [5, 5.41) is 7.65. The van der Waals surface area contributed by atoms with Gasteiger partial charge in [-0.25, -0.2) is 9.97 Å². The van der Waals surface area contributed by atoms with E-state index in [0.717, 1.165) is 39.6 Å². The maximum absolute atomic E-state index is 5.36. The summed E-state index contributed by atoms with van der Waals surface area (Å²) < 4.78 is 7.50. The summed E-state index contributed by atoms with van der Waals surface area (Å²) in [6.45, 7) is 0. The van der Waals surface area contributed by atoms with Crippen LogP contribution in [0.25, 0.3) is 102 Å². The van der Waals surface area contributed by atoms with Crippen LogP contribution in [0.2, 0.25) is 0 Å². The third-order valence-electron chi connectivity index (χ3n) is 10.0. The molecular formula is C46H27N3S2. The van der Waals surface area contributed by atoms with E-state index >= 15 is 0 Å². The number of para-hydroxylation sites is 2. The van der Waals surface area contributed by atoms with E-state index in [1.165, 1.54) is 62.2 Å². The van der Waals surface area contributed by atoms with Gasteiger partial charge in [-0.2, -0.15) is 0 Å². The minimum atomic E-state index is 0.723. The quantitative estimate of drug-likeness (QED) is 0.185. The molecule has 7 aromatic carbocycles. The van der Waals surface area contributed by atoms with E-state index in [1.807, 2.05) is 22.7 Å². The number of hydrogen-bond donors (Lipinski definition) is 0. The topological polar surface area (TPSA) is 30.7 Å². The van der Waals surface area contributed by atoms with Gasteiger partial charge in [0, 0.05) is 73.5 Å². The first kappa shape index (κ1) is 28.7. The van der Waals surface area contributed by atoms with E-state index < -0.39 is 0 Å². The van der Waals surface area contributed by atoms with Gasteiger partial charge < -0.3 is 4.57 Å². The fourth-order valence-electron chi connectivity index (χ4n) is 7.75. The third-order valence-corrected chi connectivity index (χ3v) is 12.3. The second kappa shape index (κ2) is 11.2. The molecule has 11 rings (SSSR count). The van der Waals surface area contributed by atoms with E-state index in [0.29, 0.717) is 0 Å². The Balaban J connectivity index is 1.30. The molecule has 0 saturated carbocycles. The summed E-state index contributed by atoms with van der Waals surface area (Å²) >= 11 is 3.71. The summed E-state index contributed by atoms with van der Waals surface area (Å²) in [4.78, 5) is 10.7. The minimum Gasteiger partial charge on any atom is -0.309 e. The molecule has 11 aromatic rings. The van der Waals surface area contributed by atoms with Gasteiger partial charge in [0.15, 0.2) is 5.82 Å². The van der Waals surface area contributed by atoms with Crippen molar-refractivity contribution in [3.63, 3.8) is 0 Å². The van der Waals surface area contributed by atoms with E-state index in [9.17, 15) is 0 Å². The van der Waals surface area contributed by atoms with Gasteiger partial charge in [0.1, 0.15) is 0 Å². The molecule has 0 aliphatic heterocycles. The molecule has 0 aliphatic carbocycles. The highest BCUT2D eigenvalue weighted by molar-refractivity contribution is 7.28. The lowest BCUT2D eigenvalue weighted by Crippen LogP contribution is -1.99. The van der Waals surface area contributed by atoms with Crippen molar-refractivity contribution < 1.29 is 0 Å². The zero-order chi connectivity index (χ0) is 33.5. The highest BCUT2D eigenvalue weighted by atomic mass is 32.1. The monoisotopic (exact) mass is 685 g/mol. The maximum atomic E-state index is 5.36. The highest BCUT2D eigenvalue weighted by Crippen LogP contribution is 2.48. The Kier molecular flexibility index (Phi) is 6.29. The average Bonchev–Trinajstić information content (AvgIpc) is 3.87. The molecule has 0 aliphatic rings. The molecule has 4 heterocycles. The molecule has 0 radical (unpaired) electrons. The average molecular weight is 686 g/mol. The number of hydrogen-bond acceptors (Lipinski definition) is 4. The third kappa shape index (κ3) is 4.42. The van der Waals surface area contributed by atoms with Gasteiger partial charge in [0.2, 0.25) is 0 Å². The zero-order valence-corrected chi connectivity index (χ0v) is 28.9. The standard InChI is InChI=1S/C46H27N3S2/c1-3-13-28(14-4-1)36-27-37(29-15-5-2-6-16-29)48-46(47-36)35-26-30(49-38-20-10-7-17-31(38)32-18-8-11-21-39(32)49)25-34-44-42(51-45(34)35)24-23-41-43(44)33-19-9-12-22-40(33)50-41/h1-27H. The molecule has 51 heavy (non-hydrogen) atoms. The summed E-state index contributed by atoms with van der Waals surface area (Å²) in [6.07, 6.45) is 0. The molecule has 4 aromatic heterocycles. The van der Waals surface area contributed by atoms with Crippen molar-refractivity contribution in [2.75, 3.05) is 0 Å². The van der Waals surface area contributed by atoms with E-state index in [-0.39, 0.29) is 0 Å². The molecule has 0 atom stereocenters. The molecule has 0 saturated heterocycles. The van der Waals surface area contributed by atoms with Crippen molar-refractivity contribution in [1.82, 2.24) is 14.5 Å². The number of aromatic nitrogens is 3. The van der Waals surface area contributed by atoms with Crippen molar-refractivity contribution in [2.45, 2.75) is 0 Å². The van der Waals surface area contributed by atoms with Crippen LogP contribution in [0.15, 0.2) is 164 Å². The van der Waals surface area contributed by atoms with Crippen molar-refractivity contribution in [3.8, 4) is 39.6 Å². The van der Waals surface area contributed by atoms with E-state index in [4.69, 9.17) is 9.97 Å². The lowest BCUT2D eigenvalue weighted by atomic mass is 10.0.